The first-order chi connectivity index (χ1) is 10.4. The molecular formula is C17H31Cl2N3OS. The van der Waals surface area contributed by atoms with E-state index in [9.17, 15) is 4.79 Å². The molecule has 0 bridgehead atoms. The fourth-order valence-corrected chi connectivity index (χ4v) is 3.73. The average molecular weight is 396 g/mol. The van der Waals surface area contributed by atoms with E-state index in [2.05, 4.69) is 31.1 Å². The van der Waals surface area contributed by atoms with Gasteiger partial charge in [-0.05, 0) is 38.8 Å². The van der Waals surface area contributed by atoms with Crippen molar-refractivity contribution in [1.29, 1.82) is 0 Å². The molecule has 0 aliphatic carbocycles. The molecule has 1 N–H and O–H groups in total. The second-order valence-corrected chi connectivity index (χ2v) is 8.15. The number of hydrogen-bond acceptors (Lipinski definition) is 4. The number of amides is 1. The molecule has 1 aromatic heterocycles. The maximum atomic E-state index is 12.4. The molecule has 140 valence electrons. The molecule has 1 fully saturated rings. The predicted molar refractivity (Wildman–Crippen MR) is 107 cm³/mol. The summed E-state index contributed by atoms with van der Waals surface area (Å²) in [5.74, 6) is 1.00. The van der Waals surface area contributed by atoms with Crippen molar-refractivity contribution in [3.63, 3.8) is 0 Å². The van der Waals surface area contributed by atoms with Gasteiger partial charge in [0.15, 0.2) is 0 Å². The van der Waals surface area contributed by atoms with Crippen LogP contribution in [0.5, 0.6) is 0 Å². The molecule has 0 radical (unpaired) electrons. The lowest BCUT2D eigenvalue weighted by molar-refractivity contribution is -0.131. The minimum absolute atomic E-state index is 0. The van der Waals surface area contributed by atoms with Gasteiger partial charge in [-0.25, -0.2) is 4.98 Å². The molecule has 0 unspecified atom stereocenters. The average Bonchev–Trinajstić information content (AvgIpc) is 2.94. The molecule has 1 aromatic rings. The zero-order chi connectivity index (χ0) is 16.2. The van der Waals surface area contributed by atoms with E-state index >= 15 is 0 Å². The van der Waals surface area contributed by atoms with Crippen LogP contribution in [0.25, 0.3) is 0 Å². The Kier molecular flexibility index (Phi) is 10.4. The summed E-state index contributed by atoms with van der Waals surface area (Å²) in [6.45, 7) is 9.37. The molecule has 1 amide bonds. The molecule has 2 rings (SSSR count). The highest BCUT2D eigenvalue weighted by Gasteiger charge is 2.24. The van der Waals surface area contributed by atoms with Gasteiger partial charge in [0.1, 0.15) is 0 Å². The molecule has 1 aliphatic heterocycles. The largest absolute Gasteiger partial charge is 0.342 e. The Bertz CT molecular complexity index is 494. The van der Waals surface area contributed by atoms with Gasteiger partial charge in [0, 0.05) is 23.9 Å². The number of aromatic nitrogens is 1. The Hall–Kier alpha value is -0.360. The van der Waals surface area contributed by atoms with E-state index in [-0.39, 0.29) is 36.1 Å². The molecule has 4 nitrogen and oxygen atoms in total. The predicted octanol–water partition coefficient (Wildman–Crippen LogP) is 3.67. The highest BCUT2D eigenvalue weighted by molar-refractivity contribution is 7.09. The highest BCUT2D eigenvalue weighted by atomic mass is 35.5. The fraction of sp³-hybridized carbons (Fsp3) is 0.765. The number of piperidine rings is 1. The zero-order valence-electron chi connectivity index (χ0n) is 15.1. The maximum Gasteiger partial charge on any atom is 0.228 e. The summed E-state index contributed by atoms with van der Waals surface area (Å²) >= 11 is 1.67. The van der Waals surface area contributed by atoms with Crippen LogP contribution in [-0.4, -0.2) is 42.5 Å². The summed E-state index contributed by atoms with van der Waals surface area (Å²) in [7, 11) is 2.00. The van der Waals surface area contributed by atoms with E-state index in [0.717, 1.165) is 49.1 Å². The van der Waals surface area contributed by atoms with Crippen LogP contribution in [0.2, 0.25) is 0 Å². The van der Waals surface area contributed by atoms with Gasteiger partial charge in [-0.3, -0.25) is 4.79 Å². The minimum Gasteiger partial charge on any atom is -0.342 e. The van der Waals surface area contributed by atoms with Crippen LogP contribution in [0, 0.1) is 5.92 Å². The monoisotopic (exact) mass is 395 g/mol. The van der Waals surface area contributed by atoms with E-state index in [1.165, 1.54) is 6.42 Å². The highest BCUT2D eigenvalue weighted by Crippen LogP contribution is 2.26. The number of thiazole rings is 1. The van der Waals surface area contributed by atoms with Crippen molar-refractivity contribution in [2.45, 2.75) is 51.9 Å². The van der Waals surface area contributed by atoms with Crippen LogP contribution < -0.4 is 5.32 Å². The van der Waals surface area contributed by atoms with Gasteiger partial charge in [-0.15, -0.1) is 36.2 Å². The van der Waals surface area contributed by atoms with E-state index < -0.39 is 0 Å². The SMILES string of the molecule is CNCCC1CCN(C(=O)Cc2csc(C(C)(C)C)n2)CC1.Cl.Cl. The molecule has 0 atom stereocenters. The normalized spacial score (nSPS) is 15.6. The minimum atomic E-state index is 0. The Labute approximate surface area is 162 Å². The van der Waals surface area contributed by atoms with Gasteiger partial charge in [0.25, 0.3) is 0 Å². The van der Waals surface area contributed by atoms with E-state index in [1.54, 1.807) is 11.3 Å². The third-order valence-electron chi connectivity index (χ3n) is 4.30. The summed E-state index contributed by atoms with van der Waals surface area (Å²) in [5, 5.41) is 6.36. The molecule has 2 heterocycles. The van der Waals surface area contributed by atoms with Gasteiger partial charge in [0.2, 0.25) is 5.91 Å². The number of likely N-dealkylation sites (tertiary alicyclic amines) is 1. The van der Waals surface area contributed by atoms with Gasteiger partial charge < -0.3 is 10.2 Å². The van der Waals surface area contributed by atoms with Crippen molar-refractivity contribution in [1.82, 2.24) is 15.2 Å². The molecule has 1 saturated heterocycles. The number of nitrogens with one attached hydrogen (secondary N) is 1. The van der Waals surface area contributed by atoms with Gasteiger partial charge in [0.05, 0.1) is 17.1 Å². The number of rotatable bonds is 5. The number of carbonyl (C=O) groups excluding carboxylic acids is 1. The first-order valence-corrected chi connectivity index (χ1v) is 9.15. The Morgan fingerprint density at radius 2 is 1.96 bits per heavy atom. The first-order valence-electron chi connectivity index (χ1n) is 8.27. The third kappa shape index (κ3) is 6.87. The van der Waals surface area contributed by atoms with Crippen molar-refractivity contribution >= 4 is 42.1 Å². The van der Waals surface area contributed by atoms with E-state index in [4.69, 9.17) is 0 Å². The van der Waals surface area contributed by atoms with E-state index in [0.29, 0.717) is 6.42 Å². The van der Waals surface area contributed by atoms with Crippen molar-refractivity contribution in [3.05, 3.63) is 16.1 Å². The summed E-state index contributed by atoms with van der Waals surface area (Å²) in [6, 6.07) is 0. The maximum absolute atomic E-state index is 12.4. The van der Waals surface area contributed by atoms with Crippen LogP contribution in [0.1, 0.15) is 50.7 Å². The molecule has 0 aromatic carbocycles. The third-order valence-corrected chi connectivity index (χ3v) is 5.61. The lowest BCUT2D eigenvalue weighted by Gasteiger charge is -2.32. The first kappa shape index (κ1) is 23.6. The lowest BCUT2D eigenvalue weighted by atomic mass is 9.93. The number of halogens is 2. The second-order valence-electron chi connectivity index (χ2n) is 7.29. The van der Waals surface area contributed by atoms with Gasteiger partial charge >= 0.3 is 0 Å². The van der Waals surface area contributed by atoms with Crippen LogP contribution in [0.4, 0.5) is 0 Å². The van der Waals surface area contributed by atoms with Gasteiger partial charge in [-0.1, -0.05) is 20.8 Å². The van der Waals surface area contributed by atoms with E-state index in [1.807, 2.05) is 17.3 Å². The molecule has 1 aliphatic rings. The van der Waals surface area contributed by atoms with Crippen LogP contribution in [-0.2, 0) is 16.6 Å². The van der Waals surface area contributed by atoms with Crippen molar-refractivity contribution < 1.29 is 4.79 Å². The summed E-state index contributed by atoms with van der Waals surface area (Å²) in [4.78, 5) is 19.1. The number of carbonyl (C=O) groups is 1. The fourth-order valence-electron chi connectivity index (χ4n) is 2.82. The summed E-state index contributed by atoms with van der Waals surface area (Å²) in [6.07, 6.45) is 3.95. The quantitative estimate of drug-likeness (QED) is 0.826. The smallest absolute Gasteiger partial charge is 0.228 e. The van der Waals surface area contributed by atoms with Crippen LogP contribution in [0.15, 0.2) is 5.38 Å². The van der Waals surface area contributed by atoms with Crippen LogP contribution >= 0.6 is 36.2 Å². The van der Waals surface area contributed by atoms with Crippen LogP contribution in [0.3, 0.4) is 0 Å². The van der Waals surface area contributed by atoms with Crippen molar-refractivity contribution in [2.24, 2.45) is 5.92 Å². The standard InChI is InChI=1S/C17H29N3OS.2ClH/c1-17(2,3)16-19-14(12-22-16)11-15(21)20-9-6-13(7-10-20)5-8-18-4;;/h12-13,18H,5-11H2,1-4H3;2*1H. The van der Waals surface area contributed by atoms with Crippen molar-refractivity contribution in [2.75, 3.05) is 26.7 Å². The molecule has 0 saturated carbocycles. The Balaban J connectivity index is 0.00000264. The zero-order valence-corrected chi connectivity index (χ0v) is 17.6. The summed E-state index contributed by atoms with van der Waals surface area (Å²) in [5.41, 5.74) is 0.995. The second kappa shape index (κ2) is 10.6. The molecule has 7 heteroatoms. The Morgan fingerprint density at radius 3 is 2.46 bits per heavy atom. The number of hydrogen-bond donors (Lipinski definition) is 1. The number of nitrogens with zero attached hydrogens (tertiary/aromatic N) is 2. The Morgan fingerprint density at radius 1 is 1.33 bits per heavy atom. The molecule has 24 heavy (non-hydrogen) atoms. The van der Waals surface area contributed by atoms with Crippen molar-refractivity contribution in [3.8, 4) is 0 Å². The topological polar surface area (TPSA) is 45.2 Å². The lowest BCUT2D eigenvalue weighted by Crippen LogP contribution is -2.39. The van der Waals surface area contributed by atoms with Gasteiger partial charge in [-0.2, -0.15) is 0 Å². The molecule has 0 spiro atoms. The molecular weight excluding hydrogens is 365 g/mol. The summed E-state index contributed by atoms with van der Waals surface area (Å²) < 4.78 is 0.